The van der Waals surface area contributed by atoms with E-state index in [0.717, 1.165) is 4.90 Å². The molecule has 0 aliphatic carbocycles. The Kier molecular flexibility index (Phi) is 12.0. The minimum Gasteiger partial charge on any atom is -0.493 e. The second-order valence-electron chi connectivity index (χ2n) is 9.70. The lowest BCUT2D eigenvalue weighted by Gasteiger charge is -2.15. The summed E-state index contributed by atoms with van der Waals surface area (Å²) in [5.74, 6) is -0.146. The molecule has 0 saturated heterocycles. The Balaban J connectivity index is 1.56. The molecule has 0 heterocycles. The van der Waals surface area contributed by atoms with E-state index in [1.165, 1.54) is 39.2 Å². The van der Waals surface area contributed by atoms with Crippen molar-refractivity contribution in [2.45, 2.75) is 17.1 Å². The summed E-state index contributed by atoms with van der Waals surface area (Å²) in [5, 5.41) is 8.63. The third kappa shape index (κ3) is 8.97. The molecule has 1 unspecified atom stereocenters. The van der Waals surface area contributed by atoms with Gasteiger partial charge in [0, 0.05) is 21.8 Å². The van der Waals surface area contributed by atoms with Crippen LogP contribution < -0.4 is 30.2 Å². The van der Waals surface area contributed by atoms with Gasteiger partial charge in [-0.3, -0.25) is 14.4 Å². The predicted molar refractivity (Wildman–Crippen MR) is 183 cm³/mol. The fourth-order valence-electron chi connectivity index (χ4n) is 4.21. The Labute approximate surface area is 281 Å². The molecule has 0 aliphatic heterocycles. The molecule has 3 N–H and O–H groups in total. The molecule has 46 heavy (non-hydrogen) atoms. The fraction of sp³-hybridized carbons (Fsp3) is 0.147. The summed E-state index contributed by atoms with van der Waals surface area (Å²) < 4.78 is 16.3. The molecule has 1 atom stereocenters. The maximum Gasteiger partial charge on any atom is 0.272 e. The zero-order chi connectivity index (χ0) is 33.2. The van der Waals surface area contributed by atoms with Crippen LogP contribution >= 0.6 is 35.0 Å². The number of methoxy groups -OCH3 is 3. The summed E-state index contributed by atoms with van der Waals surface area (Å²) in [6.07, 6.45) is 1.51. The highest BCUT2D eigenvalue weighted by atomic mass is 35.5. The second-order valence-corrected chi connectivity index (χ2v) is 11.9. The van der Waals surface area contributed by atoms with Crippen molar-refractivity contribution in [2.24, 2.45) is 0 Å². The first-order valence-corrected chi connectivity index (χ1v) is 15.5. The van der Waals surface area contributed by atoms with Gasteiger partial charge in [-0.1, -0.05) is 47.5 Å². The van der Waals surface area contributed by atoms with Crippen molar-refractivity contribution in [3.05, 3.63) is 112 Å². The number of hydrogen-bond donors (Lipinski definition) is 3. The van der Waals surface area contributed by atoms with Crippen LogP contribution in [-0.4, -0.2) is 44.3 Å². The Morgan fingerprint density at radius 3 is 2.07 bits per heavy atom. The van der Waals surface area contributed by atoms with E-state index in [4.69, 9.17) is 37.4 Å². The number of benzene rings is 4. The van der Waals surface area contributed by atoms with E-state index in [2.05, 4.69) is 16.0 Å². The standard InChI is InChI=1S/C34H31Cl2N3O6S/c1-20(32(40)37-24-13-14-26(35)27(36)19-24)46-25-12-8-11-23(18-25)38-34(42)28(39-33(41)22-9-6-5-7-10-22)15-21-16-29(43-2)31(45-4)30(17-21)44-3/h5-20H,1-4H3,(H,37,40)(H,38,42)(H,39,41)/b28-15+. The molecule has 238 valence electrons. The normalized spacial score (nSPS) is 11.7. The average molecular weight is 681 g/mol. The van der Waals surface area contributed by atoms with E-state index >= 15 is 0 Å². The van der Waals surface area contributed by atoms with Crippen molar-refractivity contribution in [1.29, 1.82) is 0 Å². The van der Waals surface area contributed by atoms with Crippen LogP contribution in [0.1, 0.15) is 22.8 Å². The minimum atomic E-state index is -0.578. The van der Waals surface area contributed by atoms with Gasteiger partial charge in [0.2, 0.25) is 11.7 Å². The summed E-state index contributed by atoms with van der Waals surface area (Å²) in [4.78, 5) is 40.3. The number of anilines is 2. The van der Waals surface area contributed by atoms with Crippen molar-refractivity contribution >= 4 is 70.1 Å². The molecule has 12 heteroatoms. The number of carbonyl (C=O) groups is 3. The summed E-state index contributed by atoms with van der Waals surface area (Å²) in [7, 11) is 4.46. The number of carbonyl (C=O) groups excluding carboxylic acids is 3. The third-order valence-corrected chi connectivity index (χ3v) is 8.32. The number of hydrogen-bond acceptors (Lipinski definition) is 7. The highest BCUT2D eigenvalue weighted by molar-refractivity contribution is 8.00. The quantitative estimate of drug-likeness (QED) is 0.105. The number of amides is 3. The van der Waals surface area contributed by atoms with Crippen LogP contribution in [0.3, 0.4) is 0 Å². The highest BCUT2D eigenvalue weighted by Gasteiger charge is 2.19. The fourth-order valence-corrected chi connectivity index (χ4v) is 5.44. The van der Waals surface area contributed by atoms with Crippen molar-refractivity contribution in [1.82, 2.24) is 5.32 Å². The van der Waals surface area contributed by atoms with Crippen LogP contribution in [0.2, 0.25) is 10.0 Å². The van der Waals surface area contributed by atoms with Gasteiger partial charge in [0.1, 0.15) is 5.70 Å². The molecular weight excluding hydrogens is 649 g/mol. The van der Waals surface area contributed by atoms with E-state index < -0.39 is 17.1 Å². The molecule has 4 aromatic rings. The SMILES string of the molecule is COc1cc(/C=C(/NC(=O)c2ccccc2)C(=O)Nc2cccc(SC(C)C(=O)Nc3ccc(Cl)c(Cl)c3)c2)cc(OC)c1OC. The summed E-state index contributed by atoms with van der Waals surface area (Å²) in [6, 6.07) is 23.7. The molecule has 3 amide bonds. The highest BCUT2D eigenvalue weighted by Crippen LogP contribution is 2.39. The summed E-state index contributed by atoms with van der Waals surface area (Å²) >= 11 is 13.3. The lowest BCUT2D eigenvalue weighted by Crippen LogP contribution is -2.30. The zero-order valence-corrected chi connectivity index (χ0v) is 27.7. The van der Waals surface area contributed by atoms with Crippen molar-refractivity contribution in [3.8, 4) is 17.2 Å². The first-order chi connectivity index (χ1) is 22.1. The van der Waals surface area contributed by atoms with Gasteiger partial charge in [-0.25, -0.2) is 0 Å². The van der Waals surface area contributed by atoms with Crippen LogP contribution in [0, 0.1) is 0 Å². The molecule has 0 aromatic heterocycles. The van der Waals surface area contributed by atoms with Gasteiger partial charge in [-0.05, 0) is 79.2 Å². The summed E-state index contributed by atoms with van der Waals surface area (Å²) in [5.41, 5.74) is 1.83. The number of ether oxygens (including phenoxy) is 3. The molecule has 4 aromatic carbocycles. The van der Waals surface area contributed by atoms with Gasteiger partial charge < -0.3 is 30.2 Å². The van der Waals surface area contributed by atoms with Crippen LogP contribution in [-0.2, 0) is 9.59 Å². The number of rotatable bonds is 12. The predicted octanol–water partition coefficient (Wildman–Crippen LogP) is 7.55. The summed E-state index contributed by atoms with van der Waals surface area (Å²) in [6.45, 7) is 1.76. The van der Waals surface area contributed by atoms with E-state index in [9.17, 15) is 14.4 Å². The molecule has 0 radical (unpaired) electrons. The van der Waals surface area contributed by atoms with Gasteiger partial charge in [0.25, 0.3) is 11.8 Å². The van der Waals surface area contributed by atoms with E-state index in [1.54, 1.807) is 85.8 Å². The van der Waals surface area contributed by atoms with Crippen molar-refractivity contribution in [3.63, 3.8) is 0 Å². The Bertz CT molecular complexity index is 1740. The van der Waals surface area contributed by atoms with Gasteiger partial charge in [0.05, 0.1) is 36.6 Å². The van der Waals surface area contributed by atoms with Crippen LogP contribution in [0.15, 0.2) is 95.5 Å². The average Bonchev–Trinajstić information content (AvgIpc) is 3.06. The number of halogens is 2. The maximum absolute atomic E-state index is 13.6. The van der Waals surface area contributed by atoms with Crippen LogP contribution in [0.25, 0.3) is 6.08 Å². The van der Waals surface area contributed by atoms with E-state index in [0.29, 0.717) is 49.8 Å². The number of thioether (sulfide) groups is 1. The minimum absolute atomic E-state index is 0.0319. The Morgan fingerprint density at radius 1 is 0.761 bits per heavy atom. The smallest absolute Gasteiger partial charge is 0.272 e. The van der Waals surface area contributed by atoms with Gasteiger partial charge in [-0.15, -0.1) is 11.8 Å². The number of nitrogens with one attached hydrogen (secondary N) is 3. The lowest BCUT2D eigenvalue weighted by molar-refractivity contribution is -0.115. The first-order valence-electron chi connectivity index (χ1n) is 13.8. The molecule has 9 nitrogen and oxygen atoms in total. The van der Waals surface area contributed by atoms with E-state index in [-0.39, 0.29) is 11.6 Å². The van der Waals surface area contributed by atoms with Gasteiger partial charge >= 0.3 is 0 Å². The third-order valence-electron chi connectivity index (χ3n) is 6.49. The molecule has 0 bridgehead atoms. The van der Waals surface area contributed by atoms with Crippen molar-refractivity contribution in [2.75, 3.05) is 32.0 Å². The van der Waals surface area contributed by atoms with Crippen LogP contribution in [0.5, 0.6) is 17.2 Å². The largest absolute Gasteiger partial charge is 0.493 e. The molecule has 0 aliphatic rings. The maximum atomic E-state index is 13.6. The molecular formula is C34H31Cl2N3O6S. The van der Waals surface area contributed by atoms with Gasteiger partial charge in [-0.2, -0.15) is 0 Å². The van der Waals surface area contributed by atoms with Gasteiger partial charge in [0.15, 0.2) is 11.5 Å². The zero-order valence-electron chi connectivity index (χ0n) is 25.4. The Hall–Kier alpha value is -4.64. The van der Waals surface area contributed by atoms with E-state index in [1.807, 2.05) is 6.07 Å². The second kappa shape index (κ2) is 16.1. The topological polar surface area (TPSA) is 115 Å². The van der Waals surface area contributed by atoms with Crippen LogP contribution in [0.4, 0.5) is 11.4 Å². The molecule has 0 spiro atoms. The first kappa shape index (κ1) is 34.2. The molecule has 4 rings (SSSR count). The molecule has 0 fully saturated rings. The molecule has 0 saturated carbocycles. The lowest BCUT2D eigenvalue weighted by atomic mass is 10.1. The monoisotopic (exact) mass is 679 g/mol. The van der Waals surface area contributed by atoms with Crippen molar-refractivity contribution < 1.29 is 28.6 Å². The Morgan fingerprint density at radius 2 is 1.43 bits per heavy atom.